The zero-order chi connectivity index (χ0) is 30.3. The van der Waals surface area contributed by atoms with Crippen LogP contribution in [0.5, 0.6) is 0 Å². The smallest absolute Gasteiger partial charge is 0.272 e. The first-order valence-corrected chi connectivity index (χ1v) is 15.3. The van der Waals surface area contributed by atoms with Gasteiger partial charge in [-0.05, 0) is 41.8 Å². The Hall–Kier alpha value is -4.24. The van der Waals surface area contributed by atoms with Gasteiger partial charge < -0.3 is 16.1 Å². The third kappa shape index (κ3) is 7.15. The second kappa shape index (κ2) is 13.6. The fraction of sp³-hybridized carbons (Fsp3) is 0.250. The van der Waals surface area contributed by atoms with E-state index in [2.05, 4.69) is 33.2 Å². The molecule has 2 aromatic carbocycles. The van der Waals surface area contributed by atoms with Crippen LogP contribution in [0.4, 0.5) is 5.00 Å². The summed E-state index contributed by atoms with van der Waals surface area (Å²) in [5, 5.41) is 17.6. The van der Waals surface area contributed by atoms with E-state index in [9.17, 15) is 22.8 Å². The predicted octanol–water partition coefficient (Wildman–Crippen LogP) is 2.63. The van der Waals surface area contributed by atoms with Gasteiger partial charge in [0.2, 0.25) is 15.9 Å². The molecule has 12 nitrogen and oxygen atoms in total. The molecule has 3 aromatic rings. The van der Waals surface area contributed by atoms with Crippen LogP contribution < -0.4 is 16.2 Å². The predicted molar refractivity (Wildman–Crippen MR) is 161 cm³/mol. The largest absolute Gasteiger partial charge is 0.313 e. The van der Waals surface area contributed by atoms with E-state index in [1.807, 2.05) is 18.2 Å². The highest BCUT2D eigenvalue weighted by atomic mass is 32.2. The first-order valence-electron chi connectivity index (χ1n) is 13.0. The van der Waals surface area contributed by atoms with Crippen LogP contribution in [0.3, 0.4) is 0 Å². The van der Waals surface area contributed by atoms with Gasteiger partial charge in [0.1, 0.15) is 5.00 Å². The van der Waals surface area contributed by atoms with Crippen LogP contribution in [0, 0.1) is 10.8 Å². The molecule has 4 rings (SSSR count). The standard InChI is InChI=1S/C28H31N7O5S2/c1-19(36)32-33-27(38)25-23-11-14-34(17-20-5-3-2-4-6-20)18-24(23)41-28(25)31-26(37)21-7-9-22(10-8-21)42(39,40)35(15-12-29)16-13-30/h2-10,12-13,29-30H,11,14-18H2,1H3,(H,31,37)(H,32,36)(H,33,38). The summed E-state index contributed by atoms with van der Waals surface area (Å²) in [6.07, 6.45) is 2.44. The molecule has 0 unspecified atom stereocenters. The zero-order valence-electron chi connectivity index (χ0n) is 22.8. The number of carbonyl (C=O) groups is 3. The van der Waals surface area contributed by atoms with Gasteiger partial charge in [0, 0.05) is 62.5 Å². The molecule has 0 bridgehead atoms. The molecule has 1 aromatic heterocycles. The van der Waals surface area contributed by atoms with Gasteiger partial charge in [-0.3, -0.25) is 30.1 Å². The van der Waals surface area contributed by atoms with Crippen LogP contribution in [0.1, 0.15) is 43.6 Å². The Balaban J connectivity index is 1.57. The van der Waals surface area contributed by atoms with Crippen molar-refractivity contribution in [3.05, 3.63) is 81.7 Å². The van der Waals surface area contributed by atoms with Gasteiger partial charge in [-0.25, -0.2) is 8.42 Å². The average molecular weight is 610 g/mol. The molecule has 0 aliphatic carbocycles. The zero-order valence-corrected chi connectivity index (χ0v) is 24.5. The lowest BCUT2D eigenvalue weighted by molar-refractivity contribution is -0.119. The molecule has 1 aliphatic rings. The molecule has 1 aliphatic heterocycles. The number of nitrogens with one attached hydrogen (secondary N) is 5. The van der Waals surface area contributed by atoms with Gasteiger partial charge in [-0.1, -0.05) is 30.3 Å². The molecule has 0 radical (unpaired) electrons. The van der Waals surface area contributed by atoms with Crippen LogP contribution in [-0.4, -0.2) is 67.4 Å². The summed E-state index contributed by atoms with van der Waals surface area (Å²) in [6.45, 7) is 2.92. The first-order chi connectivity index (χ1) is 20.1. The summed E-state index contributed by atoms with van der Waals surface area (Å²) in [7, 11) is -3.98. The topological polar surface area (TPSA) is 176 Å². The summed E-state index contributed by atoms with van der Waals surface area (Å²) in [6, 6.07) is 15.3. The lowest BCUT2D eigenvalue weighted by Gasteiger charge is -2.27. The molecule has 14 heteroatoms. The van der Waals surface area contributed by atoms with E-state index < -0.39 is 27.7 Å². The Labute approximate surface area is 247 Å². The van der Waals surface area contributed by atoms with Crippen LogP contribution in [0.2, 0.25) is 0 Å². The van der Waals surface area contributed by atoms with E-state index in [1.54, 1.807) is 0 Å². The molecule has 2 heterocycles. The van der Waals surface area contributed by atoms with E-state index in [-0.39, 0.29) is 29.1 Å². The van der Waals surface area contributed by atoms with Gasteiger partial charge in [0.15, 0.2) is 0 Å². The maximum atomic E-state index is 13.2. The van der Waals surface area contributed by atoms with Gasteiger partial charge >= 0.3 is 0 Å². The van der Waals surface area contributed by atoms with Crippen molar-refractivity contribution in [3.63, 3.8) is 0 Å². The number of hydrogen-bond acceptors (Lipinski definition) is 9. The number of sulfonamides is 1. The molecule has 0 saturated heterocycles. The minimum absolute atomic E-state index is 0.0804. The molecule has 0 fully saturated rings. The molecule has 0 spiro atoms. The molecule has 0 saturated carbocycles. The van der Waals surface area contributed by atoms with Crippen molar-refractivity contribution >= 4 is 56.5 Å². The van der Waals surface area contributed by atoms with Crippen LogP contribution in [-0.2, 0) is 34.3 Å². The number of carbonyl (C=O) groups excluding carboxylic acids is 3. The molecule has 3 amide bonds. The van der Waals surface area contributed by atoms with Gasteiger partial charge in [-0.2, -0.15) is 4.31 Å². The SMILES string of the molecule is CC(=O)NNC(=O)c1c(NC(=O)c2ccc(S(=O)(=O)N(CC=N)CC=N)cc2)sc2c1CCN(Cc1ccccc1)C2. The summed E-state index contributed by atoms with van der Waals surface area (Å²) in [4.78, 5) is 40.9. The lowest BCUT2D eigenvalue weighted by Crippen LogP contribution is -2.41. The van der Waals surface area contributed by atoms with Crippen LogP contribution >= 0.6 is 11.3 Å². The van der Waals surface area contributed by atoms with Crippen molar-refractivity contribution in [1.29, 1.82) is 10.8 Å². The van der Waals surface area contributed by atoms with Gasteiger partial charge in [-0.15, -0.1) is 11.3 Å². The summed E-state index contributed by atoms with van der Waals surface area (Å²) in [5.74, 6) is -1.53. The molecule has 0 atom stereocenters. The maximum Gasteiger partial charge on any atom is 0.272 e. The number of amides is 3. The Bertz CT molecular complexity index is 1580. The van der Waals surface area contributed by atoms with Crippen molar-refractivity contribution < 1.29 is 22.8 Å². The molecular weight excluding hydrogens is 578 g/mol. The van der Waals surface area contributed by atoms with Crippen molar-refractivity contribution in [2.75, 3.05) is 25.0 Å². The fourth-order valence-electron chi connectivity index (χ4n) is 4.55. The van der Waals surface area contributed by atoms with Crippen molar-refractivity contribution in [3.8, 4) is 0 Å². The summed E-state index contributed by atoms with van der Waals surface area (Å²) < 4.78 is 26.8. The van der Waals surface area contributed by atoms with E-state index in [0.717, 1.165) is 33.7 Å². The number of anilines is 1. The van der Waals surface area contributed by atoms with Gasteiger partial charge in [0.05, 0.1) is 10.5 Å². The Kier molecular flexibility index (Phi) is 9.96. The quantitative estimate of drug-likeness (QED) is 0.165. The third-order valence-electron chi connectivity index (χ3n) is 6.54. The summed E-state index contributed by atoms with van der Waals surface area (Å²) in [5.41, 5.74) is 7.12. The van der Waals surface area contributed by atoms with E-state index in [4.69, 9.17) is 10.8 Å². The number of nitrogens with zero attached hydrogens (tertiary/aromatic N) is 2. The summed E-state index contributed by atoms with van der Waals surface area (Å²) >= 11 is 1.29. The highest BCUT2D eigenvalue weighted by molar-refractivity contribution is 7.89. The number of hydrogen-bond donors (Lipinski definition) is 5. The normalized spacial score (nSPS) is 13.2. The second-order valence-electron chi connectivity index (χ2n) is 9.50. The van der Waals surface area contributed by atoms with Crippen molar-refractivity contribution in [2.45, 2.75) is 31.3 Å². The average Bonchev–Trinajstić information content (AvgIpc) is 3.33. The minimum atomic E-state index is -3.98. The van der Waals surface area contributed by atoms with Crippen molar-refractivity contribution in [1.82, 2.24) is 20.1 Å². The fourth-order valence-corrected chi connectivity index (χ4v) is 7.15. The Morgan fingerprint density at radius 3 is 2.26 bits per heavy atom. The number of rotatable bonds is 11. The van der Waals surface area contributed by atoms with Gasteiger partial charge in [0.25, 0.3) is 11.8 Å². The van der Waals surface area contributed by atoms with Crippen LogP contribution in [0.15, 0.2) is 59.5 Å². The van der Waals surface area contributed by atoms with Crippen molar-refractivity contribution in [2.24, 2.45) is 0 Å². The second-order valence-corrected chi connectivity index (χ2v) is 12.5. The maximum absolute atomic E-state index is 13.2. The number of hydrazine groups is 1. The highest BCUT2D eigenvalue weighted by Gasteiger charge is 2.29. The Morgan fingerprint density at radius 2 is 1.64 bits per heavy atom. The lowest BCUT2D eigenvalue weighted by atomic mass is 10.0. The van der Waals surface area contributed by atoms with E-state index in [0.29, 0.717) is 24.5 Å². The van der Waals surface area contributed by atoms with E-state index in [1.165, 1.54) is 48.1 Å². The number of benzene rings is 2. The number of thiophene rings is 1. The third-order valence-corrected chi connectivity index (χ3v) is 9.51. The first kappa shape index (κ1) is 30.7. The molecular formula is C28H31N7O5S2. The highest BCUT2D eigenvalue weighted by Crippen LogP contribution is 2.38. The van der Waals surface area contributed by atoms with E-state index >= 15 is 0 Å². The minimum Gasteiger partial charge on any atom is -0.313 e. The monoisotopic (exact) mass is 609 g/mol. The number of fused-ring (bicyclic) bond motifs is 1. The molecule has 42 heavy (non-hydrogen) atoms. The molecule has 220 valence electrons. The Morgan fingerprint density at radius 1 is 0.976 bits per heavy atom. The molecule has 5 N–H and O–H groups in total. The van der Waals surface area contributed by atoms with Crippen LogP contribution in [0.25, 0.3) is 0 Å².